The molecule has 28 heavy (non-hydrogen) atoms. The lowest BCUT2D eigenvalue weighted by molar-refractivity contribution is -0.385. The Balaban J connectivity index is 1.96. The number of benzene rings is 1. The van der Waals surface area contributed by atoms with E-state index in [0.717, 1.165) is 10.5 Å². The van der Waals surface area contributed by atoms with Gasteiger partial charge in [-0.25, -0.2) is 4.52 Å². The largest absolute Gasteiger partial charge is 0.279 e. The van der Waals surface area contributed by atoms with Crippen LogP contribution in [0.4, 0.5) is 5.69 Å². The van der Waals surface area contributed by atoms with E-state index in [4.69, 9.17) is 5.26 Å². The molecule has 142 valence electrons. The first-order valence-electron chi connectivity index (χ1n) is 7.89. The minimum Gasteiger partial charge on any atom is -0.258 e. The van der Waals surface area contributed by atoms with Crippen LogP contribution < -0.4 is 0 Å². The molecule has 3 aromatic rings. The number of nitro groups is 1. The zero-order chi connectivity index (χ0) is 20.5. The van der Waals surface area contributed by atoms with Crippen LogP contribution >= 0.6 is 0 Å². The summed E-state index contributed by atoms with van der Waals surface area (Å²) in [7, 11) is -2.86. The van der Waals surface area contributed by atoms with Crippen LogP contribution in [0, 0.1) is 28.4 Å². The average molecular weight is 398 g/mol. The second kappa shape index (κ2) is 7.09. The van der Waals surface area contributed by atoms with Crippen molar-refractivity contribution in [1.29, 1.82) is 5.26 Å². The first-order chi connectivity index (χ1) is 13.2. The molecule has 0 amide bonds. The number of nitro benzene ring substituents is 1. The molecule has 0 fully saturated rings. The van der Waals surface area contributed by atoms with Crippen molar-refractivity contribution in [3.63, 3.8) is 0 Å². The van der Waals surface area contributed by atoms with Gasteiger partial charge in [-0.1, -0.05) is 6.07 Å². The van der Waals surface area contributed by atoms with E-state index >= 15 is 0 Å². The van der Waals surface area contributed by atoms with Crippen LogP contribution in [0.2, 0.25) is 0 Å². The smallest absolute Gasteiger partial charge is 0.258 e. The van der Waals surface area contributed by atoms with Crippen molar-refractivity contribution in [2.45, 2.75) is 11.8 Å². The Morgan fingerprint density at radius 1 is 1.36 bits per heavy atom. The maximum Gasteiger partial charge on any atom is 0.279 e. The number of nitrogens with zero attached hydrogens (tertiary/aromatic N) is 6. The molecule has 3 rings (SSSR count). The van der Waals surface area contributed by atoms with E-state index in [1.807, 2.05) is 6.07 Å². The summed E-state index contributed by atoms with van der Waals surface area (Å²) in [6.45, 7) is 1.54. The lowest BCUT2D eigenvalue weighted by Crippen LogP contribution is -2.22. The second-order valence-electron chi connectivity index (χ2n) is 5.85. The molecule has 11 heteroatoms. The van der Waals surface area contributed by atoms with Crippen LogP contribution in [0.25, 0.3) is 5.52 Å². The molecule has 10 nitrogen and oxygen atoms in total. The fourth-order valence-electron chi connectivity index (χ4n) is 2.50. The van der Waals surface area contributed by atoms with Gasteiger partial charge in [0.1, 0.15) is 0 Å². The van der Waals surface area contributed by atoms with Gasteiger partial charge in [0.15, 0.2) is 0 Å². The van der Waals surface area contributed by atoms with E-state index in [1.165, 1.54) is 36.1 Å². The molecule has 0 radical (unpaired) electrons. The molecular weight excluding hydrogens is 384 g/mol. The highest BCUT2D eigenvalue weighted by atomic mass is 32.2. The number of aryl methyl sites for hydroxylation is 1. The molecule has 0 saturated heterocycles. The summed E-state index contributed by atoms with van der Waals surface area (Å²) in [5, 5.41) is 28.0. The van der Waals surface area contributed by atoms with E-state index < -0.39 is 14.9 Å². The van der Waals surface area contributed by atoms with E-state index in [1.54, 1.807) is 25.3 Å². The van der Waals surface area contributed by atoms with E-state index in [-0.39, 0.29) is 10.6 Å². The van der Waals surface area contributed by atoms with Crippen molar-refractivity contribution in [2.24, 2.45) is 5.10 Å². The molecule has 0 bridgehead atoms. The fourth-order valence-corrected chi connectivity index (χ4v) is 3.70. The molecule has 2 aromatic heterocycles. The zero-order valence-corrected chi connectivity index (χ0v) is 15.7. The molecule has 0 spiro atoms. The van der Waals surface area contributed by atoms with Crippen molar-refractivity contribution >= 4 is 27.4 Å². The Labute approximate surface area is 160 Å². The summed E-state index contributed by atoms with van der Waals surface area (Å²) in [6, 6.07) is 8.84. The first-order valence-corrected chi connectivity index (χ1v) is 9.33. The average Bonchev–Trinajstić information content (AvgIpc) is 3.08. The number of non-ortho nitro benzene ring substituents is 1. The summed E-state index contributed by atoms with van der Waals surface area (Å²) in [4.78, 5) is 10.1. The number of hydrazone groups is 1. The van der Waals surface area contributed by atoms with Gasteiger partial charge in [0.05, 0.1) is 39.4 Å². The Hall–Kier alpha value is -3.78. The van der Waals surface area contributed by atoms with Gasteiger partial charge >= 0.3 is 0 Å². The highest BCUT2D eigenvalue weighted by Gasteiger charge is 2.24. The molecule has 2 heterocycles. The molecule has 0 aliphatic carbocycles. The third-order valence-electron chi connectivity index (χ3n) is 4.05. The van der Waals surface area contributed by atoms with Crippen molar-refractivity contribution in [1.82, 2.24) is 14.0 Å². The summed E-state index contributed by atoms with van der Waals surface area (Å²) in [5.41, 5.74) is 1.56. The van der Waals surface area contributed by atoms with Crippen LogP contribution in [-0.2, 0) is 10.0 Å². The van der Waals surface area contributed by atoms with E-state index in [2.05, 4.69) is 10.2 Å². The van der Waals surface area contributed by atoms with Gasteiger partial charge < -0.3 is 0 Å². The number of hydrogen-bond acceptors (Lipinski definition) is 7. The monoisotopic (exact) mass is 398 g/mol. The normalized spacial score (nSPS) is 11.6. The Kier molecular flexibility index (Phi) is 4.81. The van der Waals surface area contributed by atoms with Crippen LogP contribution in [0.5, 0.6) is 0 Å². The van der Waals surface area contributed by atoms with E-state index in [9.17, 15) is 18.5 Å². The highest BCUT2D eigenvalue weighted by Crippen LogP contribution is 2.24. The zero-order valence-electron chi connectivity index (χ0n) is 14.8. The molecule has 0 unspecified atom stereocenters. The number of rotatable bonds is 5. The fraction of sp³-hybridized carbons (Fsp3) is 0.118. The maximum atomic E-state index is 12.8. The summed E-state index contributed by atoms with van der Waals surface area (Å²) in [5.74, 6) is 0. The van der Waals surface area contributed by atoms with Crippen LogP contribution in [0.3, 0.4) is 0 Å². The van der Waals surface area contributed by atoms with Crippen molar-refractivity contribution in [3.05, 3.63) is 69.5 Å². The summed E-state index contributed by atoms with van der Waals surface area (Å²) >= 11 is 0. The number of pyridine rings is 1. The number of aromatic nitrogens is 2. The Morgan fingerprint density at radius 3 is 2.79 bits per heavy atom. The predicted octanol–water partition coefficient (Wildman–Crippen LogP) is 2.08. The maximum absolute atomic E-state index is 12.8. The van der Waals surface area contributed by atoms with Crippen LogP contribution in [-0.4, -0.2) is 40.6 Å². The number of nitriles is 1. The predicted molar refractivity (Wildman–Crippen MR) is 100 cm³/mol. The molecule has 0 aliphatic rings. The summed E-state index contributed by atoms with van der Waals surface area (Å²) in [6.07, 6.45) is 4.39. The van der Waals surface area contributed by atoms with Crippen LogP contribution in [0.1, 0.15) is 16.7 Å². The highest BCUT2D eigenvalue weighted by molar-refractivity contribution is 7.89. The Morgan fingerprint density at radius 2 is 2.11 bits per heavy atom. The number of sulfonamides is 1. The van der Waals surface area contributed by atoms with Gasteiger partial charge in [-0.15, -0.1) is 0 Å². The van der Waals surface area contributed by atoms with Crippen LogP contribution in [0.15, 0.2) is 52.7 Å². The lowest BCUT2D eigenvalue weighted by atomic mass is 10.2. The first kappa shape index (κ1) is 19.0. The van der Waals surface area contributed by atoms with Gasteiger partial charge in [0.2, 0.25) is 0 Å². The Bertz CT molecular complexity index is 1260. The van der Waals surface area contributed by atoms with Gasteiger partial charge in [-0.3, -0.25) is 10.1 Å². The molecular formula is C17H14N6O4S. The number of fused-ring (bicyclic) bond motifs is 1. The third kappa shape index (κ3) is 3.40. The molecule has 1 aromatic carbocycles. The summed E-state index contributed by atoms with van der Waals surface area (Å²) < 4.78 is 27.8. The molecule has 0 aliphatic heterocycles. The SMILES string of the molecule is Cc1ccc([N+](=O)[O-])cc1S(=O)(=O)N(C)N=Cc1cnn2ccc(C#N)cc12. The molecule has 0 saturated carbocycles. The quantitative estimate of drug-likeness (QED) is 0.367. The lowest BCUT2D eigenvalue weighted by Gasteiger charge is -2.15. The third-order valence-corrected chi connectivity index (χ3v) is 5.83. The van der Waals surface area contributed by atoms with Gasteiger partial charge in [0.25, 0.3) is 15.7 Å². The minimum atomic E-state index is -4.09. The minimum absolute atomic E-state index is 0.201. The van der Waals surface area contributed by atoms with Gasteiger partial charge in [-0.2, -0.15) is 28.3 Å². The van der Waals surface area contributed by atoms with Crippen molar-refractivity contribution in [2.75, 3.05) is 7.05 Å². The standard InChI is InChI=1S/C17H14N6O4S/c1-12-3-4-15(23(24)25)8-17(12)28(26,27)21(2)19-10-14-11-20-22-6-5-13(9-18)7-16(14)22/h3-8,10-11H,1-2H3. The van der Waals surface area contributed by atoms with E-state index in [0.29, 0.717) is 22.2 Å². The molecule has 0 N–H and O–H groups in total. The van der Waals surface area contributed by atoms with Crippen molar-refractivity contribution in [3.8, 4) is 6.07 Å². The topological polar surface area (TPSA) is 134 Å². The van der Waals surface area contributed by atoms with Crippen molar-refractivity contribution < 1.29 is 13.3 Å². The number of hydrogen-bond donors (Lipinski definition) is 0. The van der Waals surface area contributed by atoms with Gasteiger partial charge in [0, 0.05) is 30.9 Å². The van der Waals surface area contributed by atoms with Gasteiger partial charge in [-0.05, 0) is 24.6 Å². The molecule has 0 atom stereocenters. The second-order valence-corrected chi connectivity index (χ2v) is 7.77.